The number of likely N-dealkylation sites (tertiary alicyclic amines) is 1. The van der Waals surface area contributed by atoms with E-state index < -0.39 is 0 Å². The highest BCUT2D eigenvalue weighted by molar-refractivity contribution is 5.78. The van der Waals surface area contributed by atoms with Gasteiger partial charge >= 0.3 is 0 Å². The van der Waals surface area contributed by atoms with Gasteiger partial charge in [0.15, 0.2) is 5.82 Å². The summed E-state index contributed by atoms with van der Waals surface area (Å²) < 4.78 is 1.95. The van der Waals surface area contributed by atoms with Crippen molar-refractivity contribution in [2.75, 3.05) is 6.54 Å². The fraction of sp³-hybridized carbons (Fsp3) is 0.556. The van der Waals surface area contributed by atoms with Gasteiger partial charge in [-0.1, -0.05) is 13.8 Å². The van der Waals surface area contributed by atoms with Crippen molar-refractivity contribution in [1.29, 1.82) is 0 Å². The van der Waals surface area contributed by atoms with E-state index in [-0.39, 0.29) is 17.9 Å². The molecule has 6 nitrogen and oxygen atoms in total. The predicted octanol–water partition coefficient (Wildman–Crippen LogP) is 2.90. The van der Waals surface area contributed by atoms with Gasteiger partial charge in [0.1, 0.15) is 11.5 Å². The van der Waals surface area contributed by atoms with Crippen LogP contribution in [0.1, 0.15) is 50.7 Å². The number of hydrogen-bond acceptors (Lipinski definition) is 4. The number of rotatable bonds is 3. The number of aromatic nitrogens is 4. The summed E-state index contributed by atoms with van der Waals surface area (Å²) in [6, 6.07) is 2.03. The highest BCUT2D eigenvalue weighted by Gasteiger charge is 2.30. The third kappa shape index (κ3) is 3.18. The van der Waals surface area contributed by atoms with E-state index in [1.54, 1.807) is 6.20 Å². The molecule has 1 aliphatic rings. The number of piperidine rings is 1. The zero-order valence-electron chi connectivity index (χ0n) is 14.9. The first kappa shape index (κ1) is 16.6. The highest BCUT2D eigenvalue weighted by atomic mass is 16.2. The Labute approximate surface area is 142 Å². The largest absolute Gasteiger partial charge is 0.334 e. The van der Waals surface area contributed by atoms with Crippen LogP contribution in [0.3, 0.4) is 0 Å². The molecule has 0 saturated carbocycles. The Morgan fingerprint density at radius 2 is 2.08 bits per heavy atom. The Morgan fingerprint density at radius 1 is 1.29 bits per heavy atom. The predicted molar refractivity (Wildman–Crippen MR) is 92.1 cm³/mol. The first-order valence-electron chi connectivity index (χ1n) is 8.61. The van der Waals surface area contributed by atoms with Crippen LogP contribution in [0.5, 0.6) is 0 Å². The van der Waals surface area contributed by atoms with Crippen molar-refractivity contribution in [2.45, 2.75) is 46.1 Å². The van der Waals surface area contributed by atoms with Crippen LogP contribution in [0.25, 0.3) is 11.5 Å². The number of hydrogen-bond donors (Lipinski definition) is 0. The Morgan fingerprint density at radius 3 is 2.75 bits per heavy atom. The first-order chi connectivity index (χ1) is 11.5. The molecule has 2 aromatic heterocycles. The lowest BCUT2D eigenvalue weighted by atomic mass is 9.97. The molecule has 0 spiro atoms. The van der Waals surface area contributed by atoms with Crippen molar-refractivity contribution in [3.8, 4) is 11.5 Å². The average Bonchev–Trinajstić information content (AvgIpc) is 2.99. The van der Waals surface area contributed by atoms with Gasteiger partial charge in [0.25, 0.3) is 0 Å². The Balaban J connectivity index is 1.99. The summed E-state index contributed by atoms with van der Waals surface area (Å²) in [6.07, 6.45) is 6.80. The van der Waals surface area contributed by atoms with Crippen molar-refractivity contribution >= 4 is 5.91 Å². The molecule has 1 aliphatic heterocycles. The second-order valence-corrected chi connectivity index (χ2v) is 6.78. The number of amides is 1. The lowest BCUT2D eigenvalue weighted by molar-refractivity contribution is -0.138. The van der Waals surface area contributed by atoms with Gasteiger partial charge in [0, 0.05) is 31.9 Å². The van der Waals surface area contributed by atoms with Gasteiger partial charge in [0.05, 0.1) is 11.7 Å². The molecule has 24 heavy (non-hydrogen) atoms. The normalized spacial score (nSPS) is 18.2. The molecular weight excluding hydrogens is 302 g/mol. The molecule has 1 amide bonds. The van der Waals surface area contributed by atoms with E-state index in [4.69, 9.17) is 0 Å². The summed E-state index contributed by atoms with van der Waals surface area (Å²) in [5.74, 6) is 1.74. The number of imidazole rings is 1. The smallest absolute Gasteiger partial charge is 0.225 e. The summed E-state index contributed by atoms with van der Waals surface area (Å²) >= 11 is 0. The molecule has 3 rings (SSSR count). The van der Waals surface area contributed by atoms with Gasteiger partial charge < -0.3 is 9.47 Å². The van der Waals surface area contributed by atoms with Crippen LogP contribution in [0.2, 0.25) is 0 Å². The topological polar surface area (TPSA) is 63.9 Å². The Hall–Kier alpha value is -2.24. The molecule has 0 aromatic carbocycles. The molecule has 2 aromatic rings. The van der Waals surface area contributed by atoms with Crippen LogP contribution in [-0.4, -0.2) is 36.9 Å². The maximum absolute atomic E-state index is 12.6. The molecule has 1 atom stereocenters. The number of nitrogens with zero attached hydrogens (tertiary/aromatic N) is 5. The molecule has 1 saturated heterocycles. The van der Waals surface area contributed by atoms with E-state index in [2.05, 4.69) is 15.0 Å². The van der Waals surface area contributed by atoms with E-state index in [0.29, 0.717) is 5.82 Å². The Bertz CT molecular complexity index is 737. The summed E-state index contributed by atoms with van der Waals surface area (Å²) in [5.41, 5.74) is 1.74. The standard InChI is InChI=1S/C18H25N5O/c1-12(2)18(24)23-9-6-5-7-16(23)14-11-15(21-13(3)20-14)17-19-8-10-22(17)4/h8,10-12,16H,5-7,9H2,1-4H3/t16-/m1/s1. The van der Waals surface area contributed by atoms with Crippen molar-refractivity contribution in [3.63, 3.8) is 0 Å². The van der Waals surface area contributed by atoms with E-state index in [9.17, 15) is 4.79 Å². The van der Waals surface area contributed by atoms with Crippen LogP contribution in [-0.2, 0) is 11.8 Å². The van der Waals surface area contributed by atoms with Crippen molar-refractivity contribution in [2.24, 2.45) is 13.0 Å². The van der Waals surface area contributed by atoms with E-state index >= 15 is 0 Å². The molecule has 6 heteroatoms. The molecule has 0 bridgehead atoms. The minimum Gasteiger partial charge on any atom is -0.334 e. The van der Waals surface area contributed by atoms with E-state index in [1.807, 2.05) is 49.5 Å². The molecule has 0 radical (unpaired) electrons. The molecule has 128 valence electrons. The highest BCUT2D eigenvalue weighted by Crippen LogP contribution is 2.32. The summed E-state index contributed by atoms with van der Waals surface area (Å²) in [5, 5.41) is 0. The first-order valence-corrected chi connectivity index (χ1v) is 8.61. The number of aryl methyl sites for hydroxylation is 2. The van der Waals surface area contributed by atoms with Gasteiger partial charge in [-0.05, 0) is 32.3 Å². The van der Waals surface area contributed by atoms with E-state index in [0.717, 1.165) is 43.0 Å². The third-order valence-electron chi connectivity index (χ3n) is 4.53. The van der Waals surface area contributed by atoms with Crippen LogP contribution >= 0.6 is 0 Å². The lowest BCUT2D eigenvalue weighted by Crippen LogP contribution is -2.41. The second kappa shape index (κ2) is 6.71. The van der Waals surface area contributed by atoms with Gasteiger partial charge in [0.2, 0.25) is 5.91 Å². The SMILES string of the molecule is Cc1nc(-c2nccn2C)cc([C@H]2CCCCN2C(=O)C(C)C)n1. The quantitative estimate of drug-likeness (QED) is 0.869. The number of carbonyl (C=O) groups excluding carboxylic acids is 1. The van der Waals surface area contributed by atoms with Gasteiger partial charge in [-0.15, -0.1) is 0 Å². The molecule has 1 fully saturated rings. The van der Waals surface area contributed by atoms with Gasteiger partial charge in [-0.3, -0.25) is 4.79 Å². The fourth-order valence-electron chi connectivity index (χ4n) is 3.32. The summed E-state index contributed by atoms with van der Waals surface area (Å²) in [4.78, 5) is 28.2. The maximum atomic E-state index is 12.6. The fourth-order valence-corrected chi connectivity index (χ4v) is 3.32. The monoisotopic (exact) mass is 327 g/mol. The van der Waals surface area contributed by atoms with Gasteiger partial charge in [-0.25, -0.2) is 15.0 Å². The third-order valence-corrected chi connectivity index (χ3v) is 4.53. The van der Waals surface area contributed by atoms with Crippen molar-refractivity contribution < 1.29 is 4.79 Å². The zero-order valence-corrected chi connectivity index (χ0v) is 14.9. The maximum Gasteiger partial charge on any atom is 0.225 e. The van der Waals surface area contributed by atoms with Gasteiger partial charge in [-0.2, -0.15) is 0 Å². The minimum absolute atomic E-state index is 0.00236. The van der Waals surface area contributed by atoms with Crippen LogP contribution < -0.4 is 0 Å². The zero-order chi connectivity index (χ0) is 17.3. The lowest BCUT2D eigenvalue weighted by Gasteiger charge is -2.36. The Kier molecular flexibility index (Phi) is 4.64. The second-order valence-electron chi connectivity index (χ2n) is 6.78. The average molecular weight is 327 g/mol. The van der Waals surface area contributed by atoms with E-state index in [1.165, 1.54) is 0 Å². The van der Waals surface area contributed by atoms with Crippen LogP contribution in [0.15, 0.2) is 18.5 Å². The number of carbonyl (C=O) groups is 1. The molecule has 0 aliphatic carbocycles. The summed E-state index contributed by atoms with van der Waals surface area (Å²) in [6.45, 7) is 6.62. The molecule has 0 N–H and O–H groups in total. The summed E-state index contributed by atoms with van der Waals surface area (Å²) in [7, 11) is 1.95. The van der Waals surface area contributed by atoms with Crippen LogP contribution in [0.4, 0.5) is 0 Å². The van der Waals surface area contributed by atoms with Crippen LogP contribution in [0, 0.1) is 12.8 Å². The molecule has 0 unspecified atom stereocenters. The molecule has 3 heterocycles. The molecular formula is C18H25N5O. The van der Waals surface area contributed by atoms with Crippen molar-refractivity contribution in [1.82, 2.24) is 24.4 Å². The minimum atomic E-state index is 0.00236. The van der Waals surface area contributed by atoms with Crippen molar-refractivity contribution in [3.05, 3.63) is 30.0 Å².